The van der Waals surface area contributed by atoms with Crippen LogP contribution in [0.5, 0.6) is 0 Å². The van der Waals surface area contributed by atoms with Crippen LogP contribution >= 0.6 is 0 Å². The Bertz CT molecular complexity index is 1990. The molecular weight excluding hydrogens is 853 g/mol. The summed E-state index contributed by atoms with van der Waals surface area (Å²) in [4.78, 5) is 119. The number of hydrogen-bond acceptors (Lipinski definition) is 12. The van der Waals surface area contributed by atoms with Crippen LogP contribution in [0.4, 0.5) is 4.79 Å². The molecule has 2 fully saturated rings. The third kappa shape index (κ3) is 15.2. The average Bonchev–Trinajstić information content (AvgIpc) is 3.71. The van der Waals surface area contributed by atoms with Crippen LogP contribution in [0.3, 0.4) is 0 Å². The Morgan fingerprint density at radius 2 is 1.56 bits per heavy atom. The lowest BCUT2D eigenvalue weighted by Crippen LogP contribution is -2.60. The van der Waals surface area contributed by atoms with E-state index in [0.29, 0.717) is 24.8 Å². The van der Waals surface area contributed by atoms with Crippen molar-refractivity contribution in [1.82, 2.24) is 51.7 Å². The zero-order valence-corrected chi connectivity index (χ0v) is 39.3. The number of nitrogens with zero attached hydrogens (tertiary/aromatic N) is 4. The van der Waals surface area contributed by atoms with Crippen molar-refractivity contribution < 1.29 is 48.2 Å². The van der Waals surface area contributed by atoms with Gasteiger partial charge in [0.05, 0.1) is 30.7 Å². The number of carbonyl (C=O) groups excluding carboxylic acids is 8. The van der Waals surface area contributed by atoms with E-state index >= 15 is 0 Å². The summed E-state index contributed by atoms with van der Waals surface area (Å²) in [5, 5.41) is 27.5. The lowest BCUT2D eigenvalue weighted by molar-refractivity contribution is -0.136. The SMILES string of the molecule is CCC[C@H](NC(=O)[C@@H]1CN(C(=O)OC(C)(C)C)C[C@@H]1NC(=O)[C@@H](NC(=O)[C@@H](NC(=O)c1cnccn1)C1CCCCC1)C(C)C)C(O)C(=O)NCC(=O)N[C@H](C(=O)N(C)C)c1ccccc1. The Kier molecular flexibility index (Phi) is 19.4. The molecule has 20 heteroatoms. The molecule has 2 heterocycles. The summed E-state index contributed by atoms with van der Waals surface area (Å²) in [6, 6.07) is 3.27. The molecule has 1 aliphatic carbocycles. The van der Waals surface area contributed by atoms with Crippen molar-refractivity contribution in [2.75, 3.05) is 33.7 Å². The van der Waals surface area contributed by atoms with Crippen LogP contribution in [0.1, 0.15) is 109 Å². The lowest BCUT2D eigenvalue weighted by atomic mass is 9.83. The third-order valence-electron chi connectivity index (χ3n) is 11.5. The third-order valence-corrected chi connectivity index (χ3v) is 11.5. The normalized spacial score (nSPS) is 18.7. The summed E-state index contributed by atoms with van der Waals surface area (Å²) in [5.74, 6) is -6.28. The molecule has 1 aromatic heterocycles. The van der Waals surface area contributed by atoms with E-state index in [9.17, 15) is 43.5 Å². The molecule has 66 heavy (non-hydrogen) atoms. The molecule has 1 aliphatic heterocycles. The van der Waals surface area contributed by atoms with E-state index in [4.69, 9.17) is 4.74 Å². The molecule has 8 amide bonds. The van der Waals surface area contributed by atoms with E-state index in [-0.39, 0.29) is 31.1 Å². The fraction of sp³-hybridized carbons (Fsp3) is 0.609. The van der Waals surface area contributed by atoms with Gasteiger partial charge in [0.2, 0.25) is 29.5 Å². The highest BCUT2D eigenvalue weighted by molar-refractivity contribution is 5.97. The van der Waals surface area contributed by atoms with E-state index in [1.165, 1.54) is 28.4 Å². The van der Waals surface area contributed by atoms with Gasteiger partial charge in [-0.25, -0.2) is 9.78 Å². The minimum Gasteiger partial charge on any atom is -0.444 e. The van der Waals surface area contributed by atoms with Crippen molar-refractivity contribution in [1.29, 1.82) is 0 Å². The maximum atomic E-state index is 14.2. The minimum atomic E-state index is -1.82. The van der Waals surface area contributed by atoms with Crippen molar-refractivity contribution in [2.24, 2.45) is 17.8 Å². The molecule has 2 aromatic rings. The fourth-order valence-corrected chi connectivity index (χ4v) is 8.01. The first-order valence-electron chi connectivity index (χ1n) is 22.7. The molecule has 362 valence electrons. The number of benzene rings is 1. The molecule has 0 bridgehead atoms. The van der Waals surface area contributed by atoms with Crippen LogP contribution in [-0.4, -0.2) is 142 Å². The van der Waals surface area contributed by atoms with Crippen LogP contribution in [-0.2, 0) is 33.5 Å². The number of carbonyl (C=O) groups is 8. The number of rotatable bonds is 19. The van der Waals surface area contributed by atoms with Gasteiger partial charge in [0.1, 0.15) is 29.4 Å². The fourth-order valence-electron chi connectivity index (χ4n) is 8.01. The van der Waals surface area contributed by atoms with Gasteiger partial charge in [-0.15, -0.1) is 0 Å². The van der Waals surface area contributed by atoms with E-state index in [1.807, 2.05) is 0 Å². The number of aliphatic hydroxyl groups excluding tert-OH is 1. The average molecular weight is 921 g/mol. The molecule has 1 aromatic carbocycles. The van der Waals surface area contributed by atoms with E-state index in [1.54, 1.807) is 86.0 Å². The topological polar surface area (TPSA) is 270 Å². The van der Waals surface area contributed by atoms with Gasteiger partial charge in [-0.3, -0.25) is 38.5 Å². The second-order valence-electron chi connectivity index (χ2n) is 18.5. The Morgan fingerprint density at radius 3 is 2.15 bits per heavy atom. The predicted octanol–water partition coefficient (Wildman–Crippen LogP) is 1.36. The smallest absolute Gasteiger partial charge is 0.410 e. The Balaban J connectivity index is 1.49. The lowest BCUT2D eigenvalue weighted by Gasteiger charge is -2.32. The number of amides is 8. The van der Waals surface area contributed by atoms with Gasteiger partial charge in [-0.2, -0.15) is 0 Å². The molecule has 7 N–H and O–H groups in total. The van der Waals surface area contributed by atoms with E-state index in [0.717, 1.165) is 19.3 Å². The maximum absolute atomic E-state index is 14.2. The minimum absolute atomic E-state index is 0.0354. The number of likely N-dealkylation sites (N-methyl/N-ethyl adjacent to an activating group) is 1. The summed E-state index contributed by atoms with van der Waals surface area (Å²) >= 11 is 0. The second-order valence-corrected chi connectivity index (χ2v) is 18.5. The van der Waals surface area contributed by atoms with Crippen LogP contribution in [0.2, 0.25) is 0 Å². The van der Waals surface area contributed by atoms with Gasteiger partial charge >= 0.3 is 6.09 Å². The van der Waals surface area contributed by atoms with Crippen molar-refractivity contribution in [2.45, 2.75) is 128 Å². The summed E-state index contributed by atoms with van der Waals surface area (Å²) < 4.78 is 5.59. The molecule has 2 aliphatic rings. The van der Waals surface area contributed by atoms with Gasteiger partial charge in [0, 0.05) is 39.6 Å². The standard InChI is InChI=1S/C46H68N10O10/c1-9-16-31(38(58)43(63)49-24-34(57)52-37(44(64)55(7)8)29-19-14-11-15-20-29)50-39(59)30-25-56(45(65)66-46(4,5)6)26-33(30)51-41(61)35(27(2)3)53-42(62)36(28-17-12-10-13-18-28)54-40(60)32-23-47-21-22-48-32/h11,14-15,19-23,27-28,30-31,33,35-38,58H,9-10,12-13,16-18,24-26H2,1-8H3,(H,49,63)(H,50,59)(H,51,61)(H,52,57)(H,53,62)(H,54,60)/t30-,31+,33+,35+,36+,37+,38?/m1/s1. The quantitative estimate of drug-likeness (QED) is 0.105. The highest BCUT2D eigenvalue weighted by Crippen LogP contribution is 2.28. The summed E-state index contributed by atoms with van der Waals surface area (Å²) in [6.45, 7) is 9.39. The monoisotopic (exact) mass is 921 g/mol. The molecule has 20 nitrogen and oxygen atoms in total. The summed E-state index contributed by atoms with van der Waals surface area (Å²) in [7, 11) is 3.09. The number of hydrogen-bond donors (Lipinski definition) is 7. The summed E-state index contributed by atoms with van der Waals surface area (Å²) in [5.41, 5.74) is -0.319. The first-order chi connectivity index (χ1) is 31.2. The number of aliphatic hydroxyl groups is 1. The van der Waals surface area contributed by atoms with Gasteiger partial charge in [0.25, 0.3) is 11.8 Å². The Hall–Kier alpha value is -6.18. The molecule has 7 atom stereocenters. The van der Waals surface area contributed by atoms with E-state index in [2.05, 4.69) is 41.9 Å². The molecule has 1 saturated heterocycles. The number of aromatic nitrogens is 2. The number of likely N-dealkylation sites (tertiary alicyclic amines) is 1. The van der Waals surface area contributed by atoms with Crippen LogP contribution in [0.25, 0.3) is 0 Å². The Labute approximate surface area is 386 Å². The molecule has 0 radical (unpaired) electrons. The van der Waals surface area contributed by atoms with Crippen molar-refractivity contribution in [3.8, 4) is 0 Å². The zero-order chi connectivity index (χ0) is 48.7. The van der Waals surface area contributed by atoms with E-state index < -0.39 is 108 Å². The molecular formula is C46H68N10O10. The molecule has 0 spiro atoms. The van der Waals surface area contributed by atoms with Crippen LogP contribution in [0, 0.1) is 17.8 Å². The van der Waals surface area contributed by atoms with Gasteiger partial charge in [-0.1, -0.05) is 76.8 Å². The maximum Gasteiger partial charge on any atom is 0.410 e. The second kappa shape index (κ2) is 24.4. The highest BCUT2D eigenvalue weighted by atomic mass is 16.6. The summed E-state index contributed by atoms with van der Waals surface area (Å²) in [6.07, 6.45) is 6.23. The first-order valence-corrected chi connectivity index (χ1v) is 22.7. The first kappa shape index (κ1) is 52.4. The number of ether oxygens (including phenoxy) is 1. The molecule has 1 saturated carbocycles. The van der Waals surface area contributed by atoms with Crippen molar-refractivity contribution >= 4 is 47.4 Å². The van der Waals surface area contributed by atoms with Crippen molar-refractivity contribution in [3.05, 3.63) is 60.2 Å². The van der Waals surface area contributed by atoms with Crippen LogP contribution in [0.15, 0.2) is 48.9 Å². The number of nitrogens with one attached hydrogen (secondary N) is 6. The van der Waals surface area contributed by atoms with Gasteiger partial charge in [0.15, 0.2) is 6.10 Å². The Morgan fingerprint density at radius 1 is 0.879 bits per heavy atom. The molecule has 1 unspecified atom stereocenters. The van der Waals surface area contributed by atoms with Gasteiger partial charge in [-0.05, 0) is 57.4 Å². The zero-order valence-electron chi connectivity index (χ0n) is 39.3. The van der Waals surface area contributed by atoms with Gasteiger partial charge < -0.3 is 51.5 Å². The highest BCUT2D eigenvalue weighted by Gasteiger charge is 2.44. The predicted molar refractivity (Wildman–Crippen MR) is 242 cm³/mol. The van der Waals surface area contributed by atoms with Crippen LogP contribution < -0.4 is 31.9 Å². The molecule has 4 rings (SSSR count). The van der Waals surface area contributed by atoms with Crippen molar-refractivity contribution in [3.63, 3.8) is 0 Å². The largest absolute Gasteiger partial charge is 0.444 e.